The lowest BCUT2D eigenvalue weighted by Gasteiger charge is -2.16. The molecule has 0 fully saturated rings. The number of hydrogen-bond acceptors (Lipinski definition) is 2. The Labute approximate surface area is 111 Å². The van der Waals surface area contributed by atoms with Crippen molar-refractivity contribution in [2.75, 3.05) is 13.7 Å². The maximum atomic E-state index is 5.66. The van der Waals surface area contributed by atoms with Gasteiger partial charge < -0.3 is 10.1 Å². The molecule has 2 nitrogen and oxygen atoms in total. The lowest BCUT2D eigenvalue weighted by molar-refractivity contribution is 0.309. The Morgan fingerprint density at radius 2 is 2.06 bits per heavy atom. The fraction of sp³-hybridized carbons (Fsp3) is 0.500. The van der Waals surface area contributed by atoms with Gasteiger partial charge in [-0.05, 0) is 44.0 Å². The largest absolute Gasteiger partial charge is 0.494 e. The molecule has 1 aromatic rings. The second-order valence-corrected chi connectivity index (χ2v) is 4.48. The van der Waals surface area contributed by atoms with Crippen LogP contribution in [-0.4, -0.2) is 13.7 Å². The molecule has 100 valence electrons. The first kappa shape index (κ1) is 14.8. The molecule has 0 saturated heterocycles. The smallest absolute Gasteiger partial charge is 0.119 e. The van der Waals surface area contributed by atoms with Crippen LogP contribution < -0.4 is 10.1 Å². The van der Waals surface area contributed by atoms with Crippen LogP contribution in [0, 0.1) is 0 Å². The third-order valence-corrected chi connectivity index (χ3v) is 3.06. The van der Waals surface area contributed by atoms with Gasteiger partial charge in [-0.1, -0.05) is 31.6 Å². The average Bonchev–Trinajstić information content (AvgIpc) is 2.41. The van der Waals surface area contributed by atoms with E-state index in [1.165, 1.54) is 12.0 Å². The van der Waals surface area contributed by atoms with Crippen molar-refractivity contribution >= 4 is 0 Å². The monoisotopic (exact) mass is 247 g/mol. The third kappa shape index (κ3) is 4.92. The molecule has 0 aliphatic rings. The molecule has 0 heterocycles. The SMILES string of the molecule is C=CCCC(NC)c1ccc(OCCCC)cc1. The number of ether oxygens (including phenoxy) is 1. The number of nitrogens with one attached hydrogen (secondary N) is 1. The van der Waals surface area contributed by atoms with Gasteiger partial charge in [-0.15, -0.1) is 6.58 Å². The van der Waals surface area contributed by atoms with Crippen LogP contribution in [0.4, 0.5) is 0 Å². The highest BCUT2D eigenvalue weighted by Gasteiger charge is 2.07. The summed E-state index contributed by atoms with van der Waals surface area (Å²) in [4.78, 5) is 0. The molecule has 1 aromatic carbocycles. The first-order valence-corrected chi connectivity index (χ1v) is 6.82. The van der Waals surface area contributed by atoms with E-state index in [1.54, 1.807) is 0 Å². The number of rotatable bonds is 9. The van der Waals surface area contributed by atoms with E-state index < -0.39 is 0 Å². The summed E-state index contributed by atoms with van der Waals surface area (Å²) >= 11 is 0. The predicted molar refractivity (Wildman–Crippen MR) is 78.1 cm³/mol. The van der Waals surface area contributed by atoms with Gasteiger partial charge in [0.2, 0.25) is 0 Å². The van der Waals surface area contributed by atoms with Gasteiger partial charge in [0.1, 0.15) is 5.75 Å². The highest BCUT2D eigenvalue weighted by Crippen LogP contribution is 2.21. The maximum absolute atomic E-state index is 5.66. The van der Waals surface area contributed by atoms with Crippen LogP contribution in [0.2, 0.25) is 0 Å². The third-order valence-electron chi connectivity index (χ3n) is 3.06. The summed E-state index contributed by atoms with van der Waals surface area (Å²) in [6.07, 6.45) is 6.35. The van der Waals surface area contributed by atoms with E-state index in [0.717, 1.165) is 31.6 Å². The van der Waals surface area contributed by atoms with Crippen molar-refractivity contribution < 1.29 is 4.74 Å². The van der Waals surface area contributed by atoms with Crippen LogP contribution in [-0.2, 0) is 0 Å². The highest BCUT2D eigenvalue weighted by atomic mass is 16.5. The summed E-state index contributed by atoms with van der Waals surface area (Å²) in [5.41, 5.74) is 1.31. The number of allylic oxidation sites excluding steroid dienone is 1. The summed E-state index contributed by atoms with van der Waals surface area (Å²) in [6.45, 7) is 6.75. The fourth-order valence-electron chi connectivity index (χ4n) is 1.89. The van der Waals surface area contributed by atoms with Gasteiger partial charge in [0.25, 0.3) is 0 Å². The van der Waals surface area contributed by atoms with Crippen molar-refractivity contribution in [3.05, 3.63) is 42.5 Å². The first-order valence-electron chi connectivity index (χ1n) is 6.82. The lowest BCUT2D eigenvalue weighted by Crippen LogP contribution is -2.15. The molecule has 1 unspecified atom stereocenters. The predicted octanol–water partition coefficient (Wildman–Crippen LogP) is 4.09. The van der Waals surface area contributed by atoms with E-state index in [0.29, 0.717) is 6.04 Å². The van der Waals surface area contributed by atoms with Gasteiger partial charge >= 0.3 is 0 Å². The number of benzene rings is 1. The molecule has 1 N–H and O–H groups in total. The highest BCUT2D eigenvalue weighted by molar-refractivity contribution is 5.29. The molecule has 1 rings (SSSR count). The molecule has 0 aliphatic heterocycles. The van der Waals surface area contributed by atoms with Crippen molar-refractivity contribution in [2.45, 2.75) is 38.6 Å². The van der Waals surface area contributed by atoms with Crippen LogP contribution in [0.3, 0.4) is 0 Å². The van der Waals surface area contributed by atoms with E-state index in [1.807, 2.05) is 13.1 Å². The molecular weight excluding hydrogens is 222 g/mol. The second kappa shape index (κ2) is 8.76. The zero-order valence-electron chi connectivity index (χ0n) is 11.6. The summed E-state index contributed by atoms with van der Waals surface area (Å²) in [5.74, 6) is 0.964. The molecule has 0 spiro atoms. The summed E-state index contributed by atoms with van der Waals surface area (Å²) in [7, 11) is 2.00. The van der Waals surface area contributed by atoms with Crippen LogP contribution in [0.15, 0.2) is 36.9 Å². The standard InChI is InChI=1S/C16H25NO/c1-4-6-8-16(17-3)14-9-11-15(12-10-14)18-13-7-5-2/h4,9-12,16-17H,1,5-8,13H2,2-3H3. The summed E-state index contributed by atoms with van der Waals surface area (Å²) in [6, 6.07) is 8.80. The van der Waals surface area contributed by atoms with Crippen molar-refractivity contribution in [3.63, 3.8) is 0 Å². The van der Waals surface area contributed by atoms with Crippen LogP contribution in [0.25, 0.3) is 0 Å². The molecule has 0 aromatic heterocycles. The average molecular weight is 247 g/mol. The van der Waals surface area contributed by atoms with E-state index in [9.17, 15) is 0 Å². The molecular formula is C16H25NO. The Kier molecular flexibility index (Phi) is 7.19. The zero-order chi connectivity index (χ0) is 13.2. The minimum atomic E-state index is 0.396. The maximum Gasteiger partial charge on any atom is 0.119 e. The van der Waals surface area contributed by atoms with Gasteiger partial charge in [0.05, 0.1) is 6.61 Å². The van der Waals surface area contributed by atoms with Crippen LogP contribution in [0.1, 0.15) is 44.2 Å². The van der Waals surface area contributed by atoms with Gasteiger partial charge in [-0.25, -0.2) is 0 Å². The van der Waals surface area contributed by atoms with Gasteiger partial charge in [0.15, 0.2) is 0 Å². The van der Waals surface area contributed by atoms with E-state index in [-0.39, 0.29) is 0 Å². The van der Waals surface area contributed by atoms with Crippen LogP contribution in [0.5, 0.6) is 5.75 Å². The quantitative estimate of drug-likeness (QED) is 0.524. The van der Waals surface area contributed by atoms with Gasteiger partial charge in [0, 0.05) is 6.04 Å². The van der Waals surface area contributed by atoms with Crippen molar-refractivity contribution in [1.29, 1.82) is 0 Å². The van der Waals surface area contributed by atoms with Crippen molar-refractivity contribution in [3.8, 4) is 5.75 Å². The minimum absolute atomic E-state index is 0.396. The number of unbranched alkanes of at least 4 members (excludes halogenated alkanes) is 1. The second-order valence-electron chi connectivity index (χ2n) is 4.48. The number of hydrogen-bond donors (Lipinski definition) is 1. The Morgan fingerprint density at radius 3 is 2.61 bits per heavy atom. The first-order chi connectivity index (χ1) is 8.81. The Balaban J connectivity index is 2.54. The normalized spacial score (nSPS) is 12.1. The summed E-state index contributed by atoms with van der Waals surface area (Å²) in [5, 5.41) is 3.34. The van der Waals surface area contributed by atoms with E-state index in [2.05, 4.69) is 43.1 Å². The Bertz CT molecular complexity index is 331. The van der Waals surface area contributed by atoms with E-state index in [4.69, 9.17) is 4.74 Å². The Morgan fingerprint density at radius 1 is 1.33 bits per heavy atom. The van der Waals surface area contributed by atoms with Gasteiger partial charge in [-0.2, -0.15) is 0 Å². The van der Waals surface area contributed by atoms with Crippen LogP contribution >= 0.6 is 0 Å². The molecule has 0 radical (unpaired) electrons. The lowest BCUT2D eigenvalue weighted by atomic mass is 10.0. The topological polar surface area (TPSA) is 21.3 Å². The Hall–Kier alpha value is -1.28. The minimum Gasteiger partial charge on any atom is -0.494 e. The molecule has 18 heavy (non-hydrogen) atoms. The zero-order valence-corrected chi connectivity index (χ0v) is 11.6. The van der Waals surface area contributed by atoms with Crippen molar-refractivity contribution in [1.82, 2.24) is 5.32 Å². The fourth-order valence-corrected chi connectivity index (χ4v) is 1.89. The molecule has 0 aliphatic carbocycles. The summed E-state index contributed by atoms with van der Waals surface area (Å²) < 4.78 is 5.66. The van der Waals surface area contributed by atoms with Crippen molar-refractivity contribution in [2.24, 2.45) is 0 Å². The molecule has 0 saturated carbocycles. The molecule has 1 atom stereocenters. The molecule has 0 bridgehead atoms. The van der Waals surface area contributed by atoms with E-state index >= 15 is 0 Å². The van der Waals surface area contributed by atoms with Gasteiger partial charge in [-0.3, -0.25) is 0 Å². The molecule has 0 amide bonds. The molecule has 2 heteroatoms.